The van der Waals surface area contributed by atoms with E-state index in [0.29, 0.717) is 5.92 Å². The summed E-state index contributed by atoms with van der Waals surface area (Å²) in [5.41, 5.74) is 4.05. The van der Waals surface area contributed by atoms with Crippen LogP contribution in [0.2, 0.25) is 0 Å². The third-order valence-electron chi connectivity index (χ3n) is 4.06. The number of thiazole rings is 1. The Morgan fingerprint density at radius 2 is 1.84 bits per heavy atom. The average molecular weight is 271 g/mol. The van der Waals surface area contributed by atoms with Crippen molar-refractivity contribution in [2.24, 2.45) is 0 Å². The molecule has 0 unspecified atom stereocenters. The van der Waals surface area contributed by atoms with Crippen LogP contribution in [0.25, 0.3) is 10.4 Å². The standard InChI is InChI=1S/C17H21NS/c1-3-15-18-16(13-6-4-5-7-13)17(19-15)14-10-8-12(2)9-11-14/h8-11,13H,3-7H2,1-2H3. The lowest BCUT2D eigenvalue weighted by molar-refractivity contribution is 0.701. The molecule has 0 radical (unpaired) electrons. The van der Waals surface area contributed by atoms with Crippen LogP contribution in [0.5, 0.6) is 0 Å². The zero-order chi connectivity index (χ0) is 13.2. The summed E-state index contributed by atoms with van der Waals surface area (Å²) in [6.45, 7) is 4.35. The van der Waals surface area contributed by atoms with Crippen LogP contribution < -0.4 is 0 Å². The van der Waals surface area contributed by atoms with Crippen LogP contribution in [0, 0.1) is 6.92 Å². The molecule has 1 heterocycles. The quantitative estimate of drug-likeness (QED) is 0.734. The van der Waals surface area contributed by atoms with Crippen LogP contribution in [0.4, 0.5) is 0 Å². The van der Waals surface area contributed by atoms with Crippen LogP contribution in [0.1, 0.15) is 54.8 Å². The fraction of sp³-hybridized carbons (Fsp3) is 0.471. The molecule has 0 saturated heterocycles. The van der Waals surface area contributed by atoms with Gasteiger partial charge in [0.15, 0.2) is 0 Å². The number of aromatic nitrogens is 1. The molecule has 1 aromatic carbocycles. The number of rotatable bonds is 3. The molecule has 3 rings (SSSR count). The third-order valence-corrected chi connectivity index (χ3v) is 5.32. The molecule has 0 atom stereocenters. The van der Waals surface area contributed by atoms with Crippen LogP contribution >= 0.6 is 11.3 Å². The van der Waals surface area contributed by atoms with E-state index in [4.69, 9.17) is 4.98 Å². The summed E-state index contributed by atoms with van der Waals surface area (Å²) in [5.74, 6) is 0.702. The van der Waals surface area contributed by atoms with Crippen LogP contribution in [-0.2, 0) is 6.42 Å². The first kappa shape index (κ1) is 12.9. The Kier molecular flexibility index (Phi) is 3.69. The lowest BCUT2D eigenvalue weighted by Crippen LogP contribution is -1.95. The molecule has 0 spiro atoms. The molecule has 1 saturated carbocycles. The van der Waals surface area contributed by atoms with Gasteiger partial charge < -0.3 is 0 Å². The minimum Gasteiger partial charge on any atom is -0.245 e. The Morgan fingerprint density at radius 3 is 2.47 bits per heavy atom. The number of benzene rings is 1. The molecule has 2 heteroatoms. The van der Waals surface area contributed by atoms with Crippen molar-refractivity contribution in [3.05, 3.63) is 40.5 Å². The van der Waals surface area contributed by atoms with Gasteiger partial charge in [-0.2, -0.15) is 0 Å². The second kappa shape index (κ2) is 5.46. The van der Waals surface area contributed by atoms with Crippen molar-refractivity contribution >= 4 is 11.3 Å². The van der Waals surface area contributed by atoms with E-state index in [1.807, 2.05) is 11.3 Å². The molecule has 1 fully saturated rings. The second-order valence-electron chi connectivity index (χ2n) is 5.52. The van der Waals surface area contributed by atoms with Gasteiger partial charge in [-0.05, 0) is 31.7 Å². The lowest BCUT2D eigenvalue weighted by atomic mass is 10.00. The highest BCUT2D eigenvalue weighted by atomic mass is 32.1. The van der Waals surface area contributed by atoms with E-state index in [9.17, 15) is 0 Å². The second-order valence-corrected chi connectivity index (χ2v) is 6.61. The summed E-state index contributed by atoms with van der Waals surface area (Å²) in [6.07, 6.45) is 6.45. The van der Waals surface area contributed by atoms with Crippen molar-refractivity contribution in [2.45, 2.75) is 51.9 Å². The van der Waals surface area contributed by atoms with E-state index in [0.717, 1.165) is 6.42 Å². The Labute approximate surface area is 119 Å². The summed E-state index contributed by atoms with van der Waals surface area (Å²) >= 11 is 1.89. The SMILES string of the molecule is CCc1nc(C2CCCC2)c(-c2ccc(C)cc2)s1. The van der Waals surface area contributed by atoms with Crippen molar-refractivity contribution in [3.8, 4) is 10.4 Å². The van der Waals surface area contributed by atoms with Crippen LogP contribution in [0.15, 0.2) is 24.3 Å². The predicted molar refractivity (Wildman–Crippen MR) is 82.9 cm³/mol. The van der Waals surface area contributed by atoms with Crippen molar-refractivity contribution in [2.75, 3.05) is 0 Å². The predicted octanol–water partition coefficient (Wildman–Crippen LogP) is 5.34. The van der Waals surface area contributed by atoms with Gasteiger partial charge in [0.05, 0.1) is 15.6 Å². The molecule has 19 heavy (non-hydrogen) atoms. The van der Waals surface area contributed by atoms with E-state index >= 15 is 0 Å². The zero-order valence-electron chi connectivity index (χ0n) is 11.8. The maximum absolute atomic E-state index is 4.93. The fourth-order valence-electron chi connectivity index (χ4n) is 2.92. The maximum atomic E-state index is 4.93. The Balaban J connectivity index is 2.03. The molecule has 2 aromatic rings. The Hall–Kier alpha value is -1.15. The number of hydrogen-bond donors (Lipinski definition) is 0. The first-order chi connectivity index (χ1) is 9.28. The smallest absolute Gasteiger partial charge is 0.0932 e. The van der Waals surface area contributed by atoms with Crippen molar-refractivity contribution in [1.82, 2.24) is 4.98 Å². The molecule has 0 N–H and O–H groups in total. The topological polar surface area (TPSA) is 12.9 Å². The van der Waals surface area contributed by atoms with E-state index in [2.05, 4.69) is 38.1 Å². The molecule has 1 aliphatic rings. The number of nitrogens with zero attached hydrogens (tertiary/aromatic N) is 1. The minimum atomic E-state index is 0.702. The number of aryl methyl sites for hydroxylation is 2. The molecule has 0 amide bonds. The van der Waals surface area contributed by atoms with Gasteiger partial charge in [0.25, 0.3) is 0 Å². The average Bonchev–Trinajstić information content (AvgIpc) is 3.08. The summed E-state index contributed by atoms with van der Waals surface area (Å²) in [4.78, 5) is 6.35. The first-order valence-corrected chi connectivity index (χ1v) is 8.16. The van der Waals surface area contributed by atoms with Gasteiger partial charge in [0.2, 0.25) is 0 Å². The van der Waals surface area contributed by atoms with Gasteiger partial charge in [-0.1, -0.05) is 49.6 Å². The van der Waals surface area contributed by atoms with E-state index in [-0.39, 0.29) is 0 Å². The first-order valence-electron chi connectivity index (χ1n) is 7.34. The molecule has 100 valence electrons. The Morgan fingerprint density at radius 1 is 1.16 bits per heavy atom. The number of hydrogen-bond acceptors (Lipinski definition) is 2. The molecule has 1 aliphatic carbocycles. The fourth-order valence-corrected chi connectivity index (χ4v) is 4.01. The molecule has 0 bridgehead atoms. The largest absolute Gasteiger partial charge is 0.245 e. The van der Waals surface area contributed by atoms with Crippen LogP contribution in [-0.4, -0.2) is 4.98 Å². The molecule has 1 aromatic heterocycles. The van der Waals surface area contributed by atoms with Crippen molar-refractivity contribution in [1.29, 1.82) is 0 Å². The maximum Gasteiger partial charge on any atom is 0.0932 e. The monoisotopic (exact) mass is 271 g/mol. The van der Waals surface area contributed by atoms with Gasteiger partial charge in [0, 0.05) is 5.92 Å². The van der Waals surface area contributed by atoms with Crippen molar-refractivity contribution < 1.29 is 0 Å². The van der Waals surface area contributed by atoms with Crippen molar-refractivity contribution in [3.63, 3.8) is 0 Å². The summed E-state index contributed by atoms with van der Waals surface area (Å²) in [5, 5.41) is 1.29. The van der Waals surface area contributed by atoms with Gasteiger partial charge in [-0.3, -0.25) is 0 Å². The minimum absolute atomic E-state index is 0.702. The summed E-state index contributed by atoms with van der Waals surface area (Å²) < 4.78 is 0. The summed E-state index contributed by atoms with van der Waals surface area (Å²) in [7, 11) is 0. The zero-order valence-corrected chi connectivity index (χ0v) is 12.6. The van der Waals surface area contributed by atoms with Gasteiger partial charge in [-0.15, -0.1) is 11.3 Å². The Bertz CT molecular complexity index is 547. The van der Waals surface area contributed by atoms with E-state index < -0.39 is 0 Å². The highest BCUT2D eigenvalue weighted by Crippen LogP contribution is 2.41. The summed E-state index contributed by atoms with van der Waals surface area (Å²) in [6, 6.07) is 8.92. The van der Waals surface area contributed by atoms with Gasteiger partial charge in [-0.25, -0.2) is 4.98 Å². The molecule has 1 nitrogen and oxygen atoms in total. The van der Waals surface area contributed by atoms with E-state index in [1.165, 1.54) is 52.4 Å². The highest BCUT2D eigenvalue weighted by Gasteiger charge is 2.24. The third kappa shape index (κ3) is 2.59. The highest BCUT2D eigenvalue weighted by molar-refractivity contribution is 7.15. The molecular weight excluding hydrogens is 250 g/mol. The van der Waals surface area contributed by atoms with Gasteiger partial charge in [0.1, 0.15) is 0 Å². The molecular formula is C17H21NS. The van der Waals surface area contributed by atoms with Gasteiger partial charge >= 0.3 is 0 Å². The normalized spacial score (nSPS) is 16.1. The molecule has 0 aliphatic heterocycles. The van der Waals surface area contributed by atoms with Crippen LogP contribution in [0.3, 0.4) is 0 Å². The van der Waals surface area contributed by atoms with E-state index in [1.54, 1.807) is 0 Å². The lowest BCUT2D eigenvalue weighted by Gasteiger charge is -2.09.